The Morgan fingerprint density at radius 3 is 2.71 bits per heavy atom. The van der Waals surface area contributed by atoms with Gasteiger partial charge in [-0.25, -0.2) is 4.79 Å². The highest BCUT2D eigenvalue weighted by Gasteiger charge is 2.33. The summed E-state index contributed by atoms with van der Waals surface area (Å²) in [6, 6.07) is 7.99. The summed E-state index contributed by atoms with van der Waals surface area (Å²) in [5.74, 6) is 0.0364. The Balaban J connectivity index is 1.94. The number of furan rings is 1. The van der Waals surface area contributed by atoms with Crippen LogP contribution in [-0.4, -0.2) is 21.3 Å². The third-order valence-corrected chi connectivity index (χ3v) is 4.91. The Kier molecular flexibility index (Phi) is 4.29. The molecule has 1 aromatic carbocycles. The number of amides is 1. The molecule has 0 atom stereocenters. The van der Waals surface area contributed by atoms with Gasteiger partial charge < -0.3 is 9.52 Å². The Morgan fingerprint density at radius 2 is 2.08 bits per heavy atom. The van der Waals surface area contributed by atoms with Gasteiger partial charge in [-0.05, 0) is 43.7 Å². The van der Waals surface area contributed by atoms with Crippen molar-refractivity contribution in [2.24, 2.45) is 0 Å². The monoisotopic (exact) mass is 359 g/mol. The zero-order valence-corrected chi connectivity index (χ0v) is 14.5. The van der Waals surface area contributed by atoms with E-state index in [0.717, 1.165) is 23.1 Å². The number of rotatable bonds is 3. The first-order chi connectivity index (χ1) is 11.4. The van der Waals surface area contributed by atoms with E-state index in [0.29, 0.717) is 20.7 Å². The highest BCUT2D eigenvalue weighted by Crippen LogP contribution is 2.36. The first kappa shape index (κ1) is 16.5. The van der Waals surface area contributed by atoms with Gasteiger partial charge in [-0.3, -0.25) is 9.69 Å². The third-order valence-electron chi connectivity index (χ3n) is 3.60. The molecule has 1 N–H and O–H groups in total. The molecular formula is C17H13NO4S2. The van der Waals surface area contributed by atoms with Crippen molar-refractivity contribution < 1.29 is 19.1 Å². The van der Waals surface area contributed by atoms with Crippen molar-refractivity contribution in [1.29, 1.82) is 0 Å². The van der Waals surface area contributed by atoms with Gasteiger partial charge >= 0.3 is 5.97 Å². The average molecular weight is 359 g/mol. The number of nitrogens with zero attached hydrogens (tertiary/aromatic N) is 1. The maximum Gasteiger partial charge on any atom is 0.335 e. The second-order valence-corrected chi connectivity index (χ2v) is 6.94. The van der Waals surface area contributed by atoms with Crippen LogP contribution in [0.3, 0.4) is 0 Å². The standard InChI is InChI=1S/C17H13NO4S2/c1-9-6-13(22-10(9)2)8-14-15(19)18(17(23)24-14)12-5-3-4-11(7-12)16(20)21/h3-8H,1-2H3,(H,20,21)/b14-8-. The van der Waals surface area contributed by atoms with Crippen LogP contribution in [0.15, 0.2) is 39.7 Å². The van der Waals surface area contributed by atoms with E-state index in [1.165, 1.54) is 17.0 Å². The fourth-order valence-electron chi connectivity index (χ4n) is 2.27. The Morgan fingerprint density at radius 1 is 1.33 bits per heavy atom. The van der Waals surface area contributed by atoms with Crippen LogP contribution < -0.4 is 4.90 Å². The molecule has 1 aliphatic heterocycles. The van der Waals surface area contributed by atoms with E-state index in [9.17, 15) is 9.59 Å². The van der Waals surface area contributed by atoms with Crippen LogP contribution in [0.2, 0.25) is 0 Å². The molecule has 122 valence electrons. The molecule has 1 fully saturated rings. The molecule has 0 saturated carbocycles. The first-order valence-corrected chi connectivity index (χ1v) is 8.27. The van der Waals surface area contributed by atoms with Gasteiger partial charge in [0.15, 0.2) is 4.32 Å². The molecule has 0 bridgehead atoms. The minimum atomic E-state index is -1.06. The van der Waals surface area contributed by atoms with E-state index < -0.39 is 5.97 Å². The topological polar surface area (TPSA) is 70.8 Å². The lowest BCUT2D eigenvalue weighted by Crippen LogP contribution is -2.27. The summed E-state index contributed by atoms with van der Waals surface area (Å²) >= 11 is 6.44. The summed E-state index contributed by atoms with van der Waals surface area (Å²) in [7, 11) is 0. The first-order valence-electron chi connectivity index (χ1n) is 7.05. The van der Waals surface area contributed by atoms with E-state index >= 15 is 0 Å². The van der Waals surface area contributed by atoms with Crippen LogP contribution in [0.4, 0.5) is 5.69 Å². The molecule has 2 aromatic rings. The highest BCUT2D eigenvalue weighted by molar-refractivity contribution is 8.27. The van der Waals surface area contributed by atoms with Crippen LogP contribution in [0, 0.1) is 13.8 Å². The number of carboxylic acids is 1. The maximum absolute atomic E-state index is 12.7. The van der Waals surface area contributed by atoms with Gasteiger partial charge in [0.05, 0.1) is 16.2 Å². The molecule has 5 nitrogen and oxygen atoms in total. The molecule has 3 rings (SSSR count). The Hall–Kier alpha value is -2.38. The Labute approximate surface area is 148 Å². The van der Waals surface area contributed by atoms with Crippen LogP contribution >= 0.6 is 24.0 Å². The van der Waals surface area contributed by atoms with Gasteiger partial charge in [0.2, 0.25) is 0 Å². The number of hydrogen-bond acceptors (Lipinski definition) is 5. The van der Waals surface area contributed by atoms with Gasteiger partial charge in [-0.2, -0.15) is 0 Å². The lowest BCUT2D eigenvalue weighted by Gasteiger charge is -2.14. The molecule has 1 saturated heterocycles. The zero-order valence-electron chi connectivity index (χ0n) is 12.9. The maximum atomic E-state index is 12.7. The minimum Gasteiger partial charge on any atom is -0.478 e. The summed E-state index contributed by atoms with van der Waals surface area (Å²) in [6.07, 6.45) is 1.65. The molecule has 1 amide bonds. The number of aryl methyl sites for hydroxylation is 2. The SMILES string of the molecule is Cc1cc(/C=C2\SC(=S)N(c3cccc(C(=O)O)c3)C2=O)oc1C. The predicted octanol–water partition coefficient (Wildman–Crippen LogP) is 4.00. The third kappa shape index (κ3) is 3.00. The molecule has 24 heavy (non-hydrogen) atoms. The number of carbonyl (C=O) groups excluding carboxylic acids is 1. The number of hydrogen-bond donors (Lipinski definition) is 1. The second kappa shape index (κ2) is 6.26. The number of aromatic carboxylic acids is 1. The number of carbonyl (C=O) groups is 2. The van der Waals surface area contributed by atoms with Crippen molar-refractivity contribution in [1.82, 2.24) is 0 Å². The summed E-state index contributed by atoms with van der Waals surface area (Å²) in [6.45, 7) is 3.79. The van der Waals surface area contributed by atoms with E-state index in [4.69, 9.17) is 21.7 Å². The molecule has 7 heteroatoms. The number of anilines is 1. The minimum absolute atomic E-state index is 0.0998. The lowest BCUT2D eigenvalue weighted by atomic mass is 10.2. The van der Waals surface area contributed by atoms with Crippen molar-refractivity contribution in [3.63, 3.8) is 0 Å². The predicted molar refractivity (Wildman–Crippen MR) is 97.2 cm³/mol. The van der Waals surface area contributed by atoms with Crippen molar-refractivity contribution >= 4 is 51.9 Å². The smallest absolute Gasteiger partial charge is 0.335 e. The van der Waals surface area contributed by atoms with Crippen molar-refractivity contribution in [3.05, 3.63) is 57.9 Å². The van der Waals surface area contributed by atoms with Gasteiger partial charge in [0.25, 0.3) is 5.91 Å². The van der Waals surface area contributed by atoms with Gasteiger partial charge in [0, 0.05) is 6.08 Å². The Bertz CT molecular complexity index is 878. The average Bonchev–Trinajstić information content (AvgIpc) is 2.99. The molecule has 0 spiro atoms. The van der Waals surface area contributed by atoms with Crippen molar-refractivity contribution in [3.8, 4) is 0 Å². The lowest BCUT2D eigenvalue weighted by molar-refractivity contribution is -0.113. The molecule has 2 heterocycles. The largest absolute Gasteiger partial charge is 0.478 e. The summed E-state index contributed by atoms with van der Waals surface area (Å²) in [5, 5.41) is 9.09. The second-order valence-electron chi connectivity index (χ2n) is 5.26. The van der Waals surface area contributed by atoms with E-state index in [1.54, 1.807) is 18.2 Å². The van der Waals surface area contributed by atoms with Gasteiger partial charge in [-0.1, -0.05) is 30.0 Å². The fraction of sp³-hybridized carbons (Fsp3) is 0.118. The van der Waals surface area contributed by atoms with E-state index in [2.05, 4.69) is 0 Å². The molecule has 0 unspecified atom stereocenters. The van der Waals surface area contributed by atoms with E-state index in [1.807, 2.05) is 19.9 Å². The van der Waals surface area contributed by atoms with Crippen LogP contribution in [-0.2, 0) is 4.79 Å². The normalized spacial score (nSPS) is 16.2. The molecule has 1 aliphatic rings. The van der Waals surface area contributed by atoms with Gasteiger partial charge in [-0.15, -0.1) is 0 Å². The summed E-state index contributed by atoms with van der Waals surface area (Å²) in [5.41, 5.74) is 1.54. The van der Waals surface area contributed by atoms with Crippen molar-refractivity contribution in [2.45, 2.75) is 13.8 Å². The van der Waals surface area contributed by atoms with Crippen LogP contribution in [0.1, 0.15) is 27.4 Å². The molecule has 0 aliphatic carbocycles. The highest BCUT2D eigenvalue weighted by atomic mass is 32.2. The fourth-order valence-corrected chi connectivity index (χ4v) is 3.55. The quantitative estimate of drug-likeness (QED) is 0.660. The van der Waals surface area contributed by atoms with Crippen LogP contribution in [0.5, 0.6) is 0 Å². The number of thioether (sulfide) groups is 1. The molecular weight excluding hydrogens is 346 g/mol. The number of benzene rings is 1. The zero-order chi connectivity index (χ0) is 17.4. The summed E-state index contributed by atoms with van der Waals surface area (Å²) < 4.78 is 5.93. The van der Waals surface area contributed by atoms with Gasteiger partial charge in [0.1, 0.15) is 11.5 Å². The molecule has 1 aromatic heterocycles. The van der Waals surface area contributed by atoms with Crippen molar-refractivity contribution in [2.75, 3.05) is 4.90 Å². The number of carboxylic acid groups (broad SMARTS) is 1. The number of thiocarbonyl (C=S) groups is 1. The molecule has 0 radical (unpaired) electrons. The summed E-state index contributed by atoms with van der Waals surface area (Å²) in [4.78, 5) is 25.5. The van der Waals surface area contributed by atoms with Crippen LogP contribution in [0.25, 0.3) is 6.08 Å². The van der Waals surface area contributed by atoms with E-state index in [-0.39, 0.29) is 11.5 Å².